The first-order chi connectivity index (χ1) is 6.74. The van der Waals surface area contributed by atoms with Crippen molar-refractivity contribution in [2.45, 2.75) is 31.4 Å². The van der Waals surface area contributed by atoms with Gasteiger partial charge in [0.2, 0.25) is 0 Å². The Morgan fingerprint density at radius 3 is 3.14 bits per heavy atom. The van der Waals surface area contributed by atoms with Gasteiger partial charge in [0.25, 0.3) is 0 Å². The van der Waals surface area contributed by atoms with E-state index < -0.39 is 0 Å². The molecule has 2 N–H and O–H groups in total. The first kappa shape index (κ1) is 9.90. The molecule has 2 atom stereocenters. The van der Waals surface area contributed by atoms with Gasteiger partial charge in [-0.3, -0.25) is 0 Å². The average Bonchev–Trinajstić information content (AvgIpc) is 2.63. The van der Waals surface area contributed by atoms with E-state index in [9.17, 15) is 4.79 Å². The minimum Gasteiger partial charge on any atom is -0.463 e. The normalized spacial score (nSPS) is 30.6. The lowest BCUT2D eigenvalue weighted by molar-refractivity contribution is -0.139. The van der Waals surface area contributed by atoms with Crippen LogP contribution < -0.4 is 5.73 Å². The Labute approximate surface area is 88.1 Å². The second kappa shape index (κ2) is 3.85. The smallest absolute Gasteiger partial charge is 0.336 e. The van der Waals surface area contributed by atoms with E-state index in [1.54, 1.807) is 11.8 Å². The zero-order valence-electron chi connectivity index (χ0n) is 8.29. The van der Waals surface area contributed by atoms with Gasteiger partial charge in [-0.15, -0.1) is 11.8 Å². The number of carbonyl (C=O) groups excluding carboxylic acids is 1. The van der Waals surface area contributed by atoms with Crippen molar-refractivity contribution < 1.29 is 9.53 Å². The van der Waals surface area contributed by atoms with Crippen LogP contribution in [0.25, 0.3) is 0 Å². The topological polar surface area (TPSA) is 52.3 Å². The summed E-state index contributed by atoms with van der Waals surface area (Å²) in [5.41, 5.74) is 6.59. The second-order valence-electron chi connectivity index (χ2n) is 3.69. The third kappa shape index (κ3) is 1.52. The number of nitrogens with two attached hydrogens (primary N) is 1. The fourth-order valence-corrected chi connectivity index (χ4v) is 3.68. The standard InChI is InChI=1S/C10H15NO2S/c1-2-13-10(12)8-6-4-3-5-7(6)14-9(8)11/h6-7H,2-5,11H2,1H3. The maximum Gasteiger partial charge on any atom is 0.336 e. The van der Waals surface area contributed by atoms with Crippen molar-refractivity contribution >= 4 is 17.7 Å². The van der Waals surface area contributed by atoms with E-state index in [1.807, 2.05) is 6.92 Å². The predicted molar refractivity (Wildman–Crippen MR) is 56.6 cm³/mol. The Hall–Kier alpha value is -0.640. The highest BCUT2D eigenvalue weighted by molar-refractivity contribution is 8.03. The zero-order valence-corrected chi connectivity index (χ0v) is 9.10. The second-order valence-corrected chi connectivity index (χ2v) is 4.97. The molecule has 2 unspecified atom stereocenters. The number of fused-ring (bicyclic) bond motifs is 1. The van der Waals surface area contributed by atoms with Crippen LogP contribution in [-0.2, 0) is 9.53 Å². The molecule has 1 saturated carbocycles. The molecule has 1 aliphatic carbocycles. The summed E-state index contributed by atoms with van der Waals surface area (Å²) in [6.07, 6.45) is 3.48. The maximum absolute atomic E-state index is 11.6. The number of ether oxygens (including phenoxy) is 1. The molecular weight excluding hydrogens is 198 g/mol. The van der Waals surface area contributed by atoms with Crippen molar-refractivity contribution in [2.24, 2.45) is 11.7 Å². The summed E-state index contributed by atoms with van der Waals surface area (Å²) in [6.45, 7) is 2.25. The van der Waals surface area contributed by atoms with Gasteiger partial charge < -0.3 is 10.5 Å². The van der Waals surface area contributed by atoms with Gasteiger partial charge in [0.15, 0.2) is 0 Å². The third-order valence-electron chi connectivity index (χ3n) is 2.86. The van der Waals surface area contributed by atoms with Gasteiger partial charge >= 0.3 is 5.97 Å². The molecule has 0 amide bonds. The van der Waals surface area contributed by atoms with Gasteiger partial charge in [-0.05, 0) is 19.8 Å². The summed E-state index contributed by atoms with van der Waals surface area (Å²) in [5, 5.41) is 1.23. The maximum atomic E-state index is 11.6. The zero-order chi connectivity index (χ0) is 10.1. The third-order valence-corrected chi connectivity index (χ3v) is 4.20. The summed E-state index contributed by atoms with van der Waals surface area (Å²) in [5.74, 6) is 0.158. The molecule has 1 fully saturated rings. The summed E-state index contributed by atoms with van der Waals surface area (Å²) in [7, 11) is 0. The summed E-state index contributed by atoms with van der Waals surface area (Å²) in [4.78, 5) is 11.6. The van der Waals surface area contributed by atoms with Crippen LogP contribution in [0.2, 0.25) is 0 Å². The van der Waals surface area contributed by atoms with Crippen molar-refractivity contribution in [3.8, 4) is 0 Å². The molecule has 2 rings (SSSR count). The molecule has 4 heteroatoms. The van der Waals surface area contributed by atoms with Crippen LogP contribution in [0, 0.1) is 5.92 Å². The molecule has 0 aromatic rings. The highest BCUT2D eigenvalue weighted by Gasteiger charge is 2.41. The Balaban J connectivity index is 2.15. The number of hydrogen-bond donors (Lipinski definition) is 1. The van der Waals surface area contributed by atoms with Gasteiger partial charge in [-0.1, -0.05) is 6.42 Å². The van der Waals surface area contributed by atoms with Crippen molar-refractivity contribution in [2.75, 3.05) is 6.61 Å². The number of thioether (sulfide) groups is 1. The van der Waals surface area contributed by atoms with E-state index in [0.717, 1.165) is 12.0 Å². The minimum atomic E-state index is -0.202. The fraction of sp³-hybridized carbons (Fsp3) is 0.700. The molecule has 0 aromatic carbocycles. The molecule has 0 spiro atoms. The van der Waals surface area contributed by atoms with Gasteiger partial charge in [0.05, 0.1) is 17.2 Å². The van der Waals surface area contributed by atoms with E-state index in [0.29, 0.717) is 22.8 Å². The first-order valence-corrected chi connectivity index (χ1v) is 5.95. The van der Waals surface area contributed by atoms with Crippen LogP contribution >= 0.6 is 11.8 Å². The van der Waals surface area contributed by atoms with E-state index in [-0.39, 0.29) is 5.97 Å². The molecular formula is C10H15NO2S. The van der Waals surface area contributed by atoms with E-state index in [4.69, 9.17) is 10.5 Å². The Morgan fingerprint density at radius 2 is 2.43 bits per heavy atom. The summed E-state index contributed by atoms with van der Waals surface area (Å²) in [6, 6.07) is 0. The average molecular weight is 213 g/mol. The molecule has 0 saturated heterocycles. The van der Waals surface area contributed by atoms with Gasteiger partial charge in [-0.2, -0.15) is 0 Å². The number of rotatable bonds is 2. The van der Waals surface area contributed by atoms with Crippen LogP contribution in [0.15, 0.2) is 10.6 Å². The molecule has 78 valence electrons. The quantitative estimate of drug-likeness (QED) is 0.708. The molecule has 0 aromatic heterocycles. The fourth-order valence-electron chi connectivity index (χ4n) is 2.27. The Kier molecular flexibility index (Phi) is 2.72. The number of esters is 1. The summed E-state index contributed by atoms with van der Waals surface area (Å²) < 4.78 is 5.01. The van der Waals surface area contributed by atoms with Crippen LogP contribution in [0.5, 0.6) is 0 Å². The van der Waals surface area contributed by atoms with E-state index >= 15 is 0 Å². The van der Waals surface area contributed by atoms with Crippen LogP contribution in [0.4, 0.5) is 0 Å². The molecule has 3 nitrogen and oxygen atoms in total. The Bertz CT molecular complexity index is 288. The number of carbonyl (C=O) groups is 1. The highest BCUT2D eigenvalue weighted by Crippen LogP contribution is 2.48. The van der Waals surface area contributed by atoms with Gasteiger partial charge in [0.1, 0.15) is 0 Å². The highest BCUT2D eigenvalue weighted by atomic mass is 32.2. The van der Waals surface area contributed by atoms with Crippen LogP contribution in [0.1, 0.15) is 26.2 Å². The van der Waals surface area contributed by atoms with Gasteiger partial charge in [0, 0.05) is 11.2 Å². The largest absolute Gasteiger partial charge is 0.463 e. The summed E-state index contributed by atoms with van der Waals surface area (Å²) >= 11 is 1.65. The van der Waals surface area contributed by atoms with Crippen LogP contribution in [-0.4, -0.2) is 17.8 Å². The minimum absolute atomic E-state index is 0.202. The monoisotopic (exact) mass is 213 g/mol. The predicted octanol–water partition coefficient (Wildman–Crippen LogP) is 1.64. The lowest BCUT2D eigenvalue weighted by Gasteiger charge is -2.11. The van der Waals surface area contributed by atoms with E-state index in [1.165, 1.54) is 12.8 Å². The molecule has 0 bridgehead atoms. The van der Waals surface area contributed by atoms with E-state index in [2.05, 4.69) is 0 Å². The molecule has 2 aliphatic rings. The van der Waals surface area contributed by atoms with Gasteiger partial charge in [-0.25, -0.2) is 4.79 Å². The lowest BCUT2D eigenvalue weighted by atomic mass is 9.98. The molecule has 1 heterocycles. The van der Waals surface area contributed by atoms with Crippen molar-refractivity contribution in [3.05, 3.63) is 10.6 Å². The lowest BCUT2D eigenvalue weighted by Crippen LogP contribution is -2.17. The molecule has 14 heavy (non-hydrogen) atoms. The first-order valence-electron chi connectivity index (χ1n) is 5.07. The molecule has 1 aliphatic heterocycles. The SMILES string of the molecule is CCOC(=O)C1=C(N)SC2CCCC12. The van der Waals surface area contributed by atoms with Crippen LogP contribution in [0.3, 0.4) is 0 Å². The molecule has 0 radical (unpaired) electrons. The van der Waals surface area contributed by atoms with Crippen molar-refractivity contribution in [1.29, 1.82) is 0 Å². The van der Waals surface area contributed by atoms with Crippen molar-refractivity contribution in [3.63, 3.8) is 0 Å². The van der Waals surface area contributed by atoms with Crippen molar-refractivity contribution in [1.82, 2.24) is 0 Å². The Morgan fingerprint density at radius 1 is 1.64 bits per heavy atom. The number of hydrogen-bond acceptors (Lipinski definition) is 4.